The highest BCUT2D eigenvalue weighted by atomic mass is 16.6. The molecule has 0 spiro atoms. The first-order valence-electron chi connectivity index (χ1n) is 6.35. The van der Waals surface area contributed by atoms with Gasteiger partial charge >= 0.3 is 5.97 Å². The second-order valence-corrected chi connectivity index (χ2v) is 4.23. The van der Waals surface area contributed by atoms with Gasteiger partial charge in [-0.3, -0.25) is 4.79 Å². The standard InChI is InChI=1S/C16H16O4/c17-14-8-6-13(7-9-14)12-16(18)20-11-10-19-15-4-2-1-3-5-15/h1-9,17H,10-12H2. The van der Waals surface area contributed by atoms with Gasteiger partial charge in [0.2, 0.25) is 0 Å². The SMILES string of the molecule is O=C(Cc1ccc(O)cc1)OCCOc1ccccc1. The zero-order chi connectivity index (χ0) is 14.2. The molecule has 0 aromatic heterocycles. The monoisotopic (exact) mass is 272 g/mol. The molecule has 0 aliphatic heterocycles. The number of para-hydroxylation sites is 1. The third-order valence-electron chi connectivity index (χ3n) is 2.64. The van der Waals surface area contributed by atoms with Gasteiger partial charge in [-0.05, 0) is 29.8 Å². The van der Waals surface area contributed by atoms with Crippen molar-refractivity contribution in [3.8, 4) is 11.5 Å². The van der Waals surface area contributed by atoms with Crippen LogP contribution < -0.4 is 4.74 Å². The summed E-state index contributed by atoms with van der Waals surface area (Å²) in [5.74, 6) is 0.618. The van der Waals surface area contributed by atoms with Crippen molar-refractivity contribution >= 4 is 5.97 Å². The number of hydrogen-bond donors (Lipinski definition) is 1. The van der Waals surface area contributed by atoms with E-state index in [0.29, 0.717) is 6.61 Å². The number of ether oxygens (including phenoxy) is 2. The zero-order valence-corrected chi connectivity index (χ0v) is 11.0. The Morgan fingerprint density at radius 2 is 1.65 bits per heavy atom. The quantitative estimate of drug-likeness (QED) is 0.648. The average molecular weight is 272 g/mol. The Balaban J connectivity index is 1.66. The van der Waals surface area contributed by atoms with E-state index >= 15 is 0 Å². The van der Waals surface area contributed by atoms with Gasteiger partial charge in [-0.25, -0.2) is 0 Å². The normalized spacial score (nSPS) is 10.0. The molecule has 0 unspecified atom stereocenters. The number of esters is 1. The third kappa shape index (κ3) is 4.65. The lowest BCUT2D eigenvalue weighted by molar-refractivity contribution is -0.143. The van der Waals surface area contributed by atoms with E-state index in [1.54, 1.807) is 24.3 Å². The van der Waals surface area contributed by atoms with Crippen LogP contribution in [0.25, 0.3) is 0 Å². The summed E-state index contributed by atoms with van der Waals surface area (Å²) in [6, 6.07) is 15.8. The summed E-state index contributed by atoms with van der Waals surface area (Å²) < 4.78 is 10.5. The van der Waals surface area contributed by atoms with Crippen LogP contribution in [0.2, 0.25) is 0 Å². The second-order valence-electron chi connectivity index (χ2n) is 4.23. The molecule has 0 aliphatic carbocycles. The first-order chi connectivity index (χ1) is 9.74. The molecule has 0 bridgehead atoms. The third-order valence-corrected chi connectivity index (χ3v) is 2.64. The molecule has 4 heteroatoms. The molecule has 0 saturated carbocycles. The molecule has 0 saturated heterocycles. The predicted octanol–water partition coefficient (Wildman–Crippen LogP) is 2.56. The van der Waals surface area contributed by atoms with Crippen LogP contribution in [0.3, 0.4) is 0 Å². The van der Waals surface area contributed by atoms with E-state index in [2.05, 4.69) is 0 Å². The van der Waals surface area contributed by atoms with E-state index in [9.17, 15) is 4.79 Å². The molecular formula is C16H16O4. The number of carbonyl (C=O) groups excluding carboxylic acids is 1. The van der Waals surface area contributed by atoms with E-state index < -0.39 is 0 Å². The van der Waals surface area contributed by atoms with Crippen molar-refractivity contribution in [1.29, 1.82) is 0 Å². The number of benzene rings is 2. The number of rotatable bonds is 6. The number of hydrogen-bond acceptors (Lipinski definition) is 4. The highest BCUT2D eigenvalue weighted by Crippen LogP contribution is 2.10. The van der Waals surface area contributed by atoms with Gasteiger partial charge in [0.15, 0.2) is 0 Å². The Labute approximate surface area is 117 Å². The van der Waals surface area contributed by atoms with E-state index in [0.717, 1.165) is 11.3 Å². The smallest absolute Gasteiger partial charge is 0.310 e. The van der Waals surface area contributed by atoms with Crippen molar-refractivity contribution in [2.45, 2.75) is 6.42 Å². The highest BCUT2D eigenvalue weighted by Gasteiger charge is 2.04. The van der Waals surface area contributed by atoms with Crippen molar-refractivity contribution in [1.82, 2.24) is 0 Å². The summed E-state index contributed by atoms with van der Waals surface area (Å²) in [7, 11) is 0. The minimum atomic E-state index is -0.313. The van der Waals surface area contributed by atoms with Crippen molar-refractivity contribution in [3.05, 3.63) is 60.2 Å². The number of phenolic OH excluding ortho intramolecular Hbond substituents is 1. The summed E-state index contributed by atoms with van der Waals surface area (Å²) >= 11 is 0. The van der Waals surface area contributed by atoms with Crippen molar-refractivity contribution in [3.63, 3.8) is 0 Å². The van der Waals surface area contributed by atoms with Crippen molar-refractivity contribution in [2.24, 2.45) is 0 Å². The van der Waals surface area contributed by atoms with Gasteiger partial charge in [0, 0.05) is 0 Å². The summed E-state index contributed by atoms with van der Waals surface area (Å²) in [4.78, 5) is 11.6. The minimum absolute atomic E-state index is 0.179. The molecule has 4 nitrogen and oxygen atoms in total. The summed E-state index contributed by atoms with van der Waals surface area (Å²) in [5, 5.41) is 9.14. The summed E-state index contributed by atoms with van der Waals surface area (Å²) in [6.07, 6.45) is 0.186. The first kappa shape index (κ1) is 13.9. The van der Waals surface area contributed by atoms with E-state index in [1.807, 2.05) is 30.3 Å². The van der Waals surface area contributed by atoms with Crippen LogP contribution >= 0.6 is 0 Å². The molecule has 104 valence electrons. The van der Waals surface area contributed by atoms with E-state index in [4.69, 9.17) is 14.6 Å². The largest absolute Gasteiger partial charge is 0.508 e. The summed E-state index contributed by atoms with van der Waals surface area (Å²) in [5.41, 5.74) is 0.803. The number of aromatic hydroxyl groups is 1. The lowest BCUT2D eigenvalue weighted by Gasteiger charge is -2.07. The average Bonchev–Trinajstić information content (AvgIpc) is 2.47. The molecule has 2 aromatic rings. The van der Waals surface area contributed by atoms with Crippen molar-refractivity contribution < 1.29 is 19.4 Å². The van der Waals surface area contributed by atoms with Crippen LogP contribution in [-0.4, -0.2) is 24.3 Å². The zero-order valence-electron chi connectivity index (χ0n) is 11.0. The van der Waals surface area contributed by atoms with Gasteiger partial charge in [0.1, 0.15) is 24.7 Å². The fourth-order valence-corrected chi connectivity index (χ4v) is 1.66. The Morgan fingerprint density at radius 3 is 2.35 bits per heavy atom. The van der Waals surface area contributed by atoms with Crippen LogP contribution in [0.4, 0.5) is 0 Å². The number of phenols is 1. The molecule has 0 aliphatic rings. The van der Waals surface area contributed by atoms with Crippen LogP contribution in [0.15, 0.2) is 54.6 Å². The lowest BCUT2D eigenvalue weighted by atomic mass is 10.1. The van der Waals surface area contributed by atoms with Gasteiger partial charge in [-0.15, -0.1) is 0 Å². The van der Waals surface area contributed by atoms with Gasteiger partial charge in [0.25, 0.3) is 0 Å². The topological polar surface area (TPSA) is 55.8 Å². The van der Waals surface area contributed by atoms with Gasteiger partial charge < -0.3 is 14.6 Å². The molecule has 1 N–H and O–H groups in total. The lowest BCUT2D eigenvalue weighted by Crippen LogP contribution is -2.13. The highest BCUT2D eigenvalue weighted by molar-refractivity contribution is 5.72. The van der Waals surface area contributed by atoms with Crippen LogP contribution in [0.1, 0.15) is 5.56 Å². The van der Waals surface area contributed by atoms with Gasteiger partial charge in [-0.1, -0.05) is 30.3 Å². The van der Waals surface area contributed by atoms with Crippen molar-refractivity contribution in [2.75, 3.05) is 13.2 Å². The molecule has 0 fully saturated rings. The number of carbonyl (C=O) groups is 1. The Morgan fingerprint density at radius 1 is 0.950 bits per heavy atom. The molecule has 0 radical (unpaired) electrons. The maximum absolute atomic E-state index is 11.6. The first-order valence-corrected chi connectivity index (χ1v) is 6.35. The van der Waals surface area contributed by atoms with E-state index in [1.165, 1.54) is 0 Å². The fourth-order valence-electron chi connectivity index (χ4n) is 1.66. The Hall–Kier alpha value is -2.49. The molecule has 0 atom stereocenters. The van der Waals surface area contributed by atoms with Crippen LogP contribution in [0, 0.1) is 0 Å². The molecular weight excluding hydrogens is 256 g/mol. The second kappa shape index (κ2) is 7.19. The Kier molecular flexibility index (Phi) is 5.00. The van der Waals surface area contributed by atoms with Gasteiger partial charge in [0.05, 0.1) is 6.42 Å². The fraction of sp³-hybridized carbons (Fsp3) is 0.188. The molecule has 0 amide bonds. The summed E-state index contributed by atoms with van der Waals surface area (Å²) in [6.45, 7) is 0.539. The van der Waals surface area contributed by atoms with Crippen LogP contribution in [0.5, 0.6) is 11.5 Å². The molecule has 0 heterocycles. The molecule has 20 heavy (non-hydrogen) atoms. The molecule has 2 aromatic carbocycles. The van der Waals surface area contributed by atoms with Crippen LogP contribution in [-0.2, 0) is 16.0 Å². The minimum Gasteiger partial charge on any atom is -0.508 e. The predicted molar refractivity (Wildman–Crippen MR) is 74.7 cm³/mol. The van der Waals surface area contributed by atoms with Gasteiger partial charge in [-0.2, -0.15) is 0 Å². The molecule has 2 rings (SSSR count). The maximum atomic E-state index is 11.6. The Bertz CT molecular complexity index is 534. The maximum Gasteiger partial charge on any atom is 0.310 e. The van der Waals surface area contributed by atoms with E-state index in [-0.39, 0.29) is 24.7 Å².